The van der Waals surface area contributed by atoms with Crippen LogP contribution in [0.5, 0.6) is 0 Å². The highest BCUT2D eigenvalue weighted by molar-refractivity contribution is 7.26. The molecule has 0 fully saturated rings. The van der Waals surface area contributed by atoms with Crippen molar-refractivity contribution in [1.82, 2.24) is 15.0 Å². The maximum absolute atomic E-state index is 6.78. The first kappa shape index (κ1) is 28.6. The van der Waals surface area contributed by atoms with Crippen molar-refractivity contribution < 1.29 is 4.42 Å². The molecular weight excluding hydrogens is 663 g/mol. The Labute approximate surface area is 299 Å². The topological polar surface area (TPSA) is 51.8 Å². The van der Waals surface area contributed by atoms with Crippen LogP contribution < -0.4 is 0 Å². The van der Waals surface area contributed by atoms with Crippen molar-refractivity contribution in [1.29, 1.82) is 0 Å². The van der Waals surface area contributed by atoms with E-state index in [1.54, 1.807) is 11.3 Å². The fraction of sp³-hybridized carbons (Fsp3) is 0. The third kappa shape index (κ3) is 4.54. The van der Waals surface area contributed by atoms with Crippen LogP contribution in [0.2, 0.25) is 0 Å². The van der Waals surface area contributed by atoms with E-state index in [1.165, 1.54) is 45.9 Å². The van der Waals surface area contributed by atoms with Crippen molar-refractivity contribution in [3.63, 3.8) is 0 Å². The molecule has 4 nitrogen and oxygen atoms in total. The highest BCUT2D eigenvalue weighted by atomic mass is 32.1. The maximum Gasteiger partial charge on any atom is 0.164 e. The average molecular weight is 688 g/mol. The van der Waals surface area contributed by atoms with Gasteiger partial charge in [0.25, 0.3) is 0 Å². The summed E-state index contributed by atoms with van der Waals surface area (Å²) in [4.78, 5) is 15.1. The van der Waals surface area contributed by atoms with E-state index in [9.17, 15) is 0 Å². The van der Waals surface area contributed by atoms with Crippen LogP contribution in [0.4, 0.5) is 0 Å². The van der Waals surface area contributed by atoms with E-state index in [2.05, 4.69) is 121 Å². The largest absolute Gasteiger partial charge is 0.455 e. The summed E-state index contributed by atoms with van der Waals surface area (Å²) in [6.07, 6.45) is 0. The van der Waals surface area contributed by atoms with Crippen LogP contribution >= 0.6 is 22.7 Å². The number of aromatic nitrogens is 3. The normalized spacial score (nSPS) is 11.9. The Balaban J connectivity index is 1.08. The highest BCUT2D eigenvalue weighted by Crippen LogP contribution is 2.44. The molecule has 51 heavy (non-hydrogen) atoms. The molecule has 0 aliphatic rings. The lowest BCUT2D eigenvalue weighted by Gasteiger charge is -2.08. The molecule has 0 saturated heterocycles. The third-order valence-electron chi connectivity index (χ3n) is 9.75. The van der Waals surface area contributed by atoms with Gasteiger partial charge in [0, 0.05) is 73.4 Å². The van der Waals surface area contributed by atoms with Crippen LogP contribution in [0.3, 0.4) is 0 Å². The molecule has 0 aliphatic carbocycles. The first-order chi connectivity index (χ1) is 25.2. The van der Waals surface area contributed by atoms with Crippen LogP contribution in [-0.2, 0) is 0 Å². The first-order valence-corrected chi connectivity index (χ1v) is 18.5. The lowest BCUT2D eigenvalue weighted by molar-refractivity contribution is 0.670. The Morgan fingerprint density at radius 2 is 0.941 bits per heavy atom. The third-order valence-corrected chi connectivity index (χ3v) is 12.0. The van der Waals surface area contributed by atoms with Crippen molar-refractivity contribution in [3.8, 4) is 45.3 Å². The van der Waals surface area contributed by atoms with Crippen molar-refractivity contribution in [2.75, 3.05) is 0 Å². The molecule has 0 amide bonds. The number of nitrogens with zero attached hydrogens (tertiary/aromatic N) is 3. The van der Waals surface area contributed by atoms with Gasteiger partial charge in [-0.1, -0.05) is 115 Å². The summed E-state index contributed by atoms with van der Waals surface area (Å²) in [6, 6.07) is 53.1. The van der Waals surface area contributed by atoms with Crippen LogP contribution in [0.1, 0.15) is 0 Å². The lowest BCUT2D eigenvalue weighted by atomic mass is 9.97. The molecule has 4 heterocycles. The molecule has 0 N–H and O–H groups in total. The van der Waals surface area contributed by atoms with Crippen molar-refractivity contribution in [3.05, 3.63) is 152 Å². The number of furan rings is 1. The van der Waals surface area contributed by atoms with E-state index in [1.807, 2.05) is 41.7 Å². The van der Waals surface area contributed by atoms with Crippen molar-refractivity contribution in [2.24, 2.45) is 0 Å². The molecule has 0 saturated carbocycles. The monoisotopic (exact) mass is 687 g/mol. The van der Waals surface area contributed by atoms with Crippen LogP contribution in [-0.4, -0.2) is 15.0 Å². The molecule has 6 heteroatoms. The fourth-order valence-corrected chi connectivity index (χ4v) is 9.64. The number of thiophene rings is 2. The van der Waals surface area contributed by atoms with E-state index in [4.69, 9.17) is 19.4 Å². The molecular formula is C45H25N3OS2. The Bertz CT molecular complexity index is 3160. The number of rotatable bonds is 4. The van der Waals surface area contributed by atoms with Gasteiger partial charge in [-0.2, -0.15) is 0 Å². The predicted octanol–water partition coefficient (Wildman–Crippen LogP) is 13.2. The van der Waals surface area contributed by atoms with Gasteiger partial charge in [-0.15, -0.1) is 22.7 Å². The summed E-state index contributed by atoms with van der Waals surface area (Å²) < 4.78 is 11.8. The molecule has 7 aromatic carbocycles. The van der Waals surface area contributed by atoms with Crippen molar-refractivity contribution >= 4 is 85.0 Å². The summed E-state index contributed by atoms with van der Waals surface area (Å²) in [5.41, 5.74) is 6.72. The van der Waals surface area contributed by atoms with E-state index in [-0.39, 0.29) is 0 Å². The first-order valence-electron chi connectivity index (χ1n) is 16.8. The average Bonchev–Trinajstić information content (AvgIpc) is 3.88. The van der Waals surface area contributed by atoms with Gasteiger partial charge in [0.05, 0.1) is 0 Å². The second kappa shape index (κ2) is 11.2. The zero-order chi connectivity index (χ0) is 33.5. The summed E-state index contributed by atoms with van der Waals surface area (Å²) in [5.74, 6) is 1.88. The number of fused-ring (bicyclic) bond motifs is 9. The molecule has 0 spiro atoms. The van der Waals surface area contributed by atoms with Gasteiger partial charge in [-0.25, -0.2) is 15.0 Å². The highest BCUT2D eigenvalue weighted by Gasteiger charge is 2.19. The van der Waals surface area contributed by atoms with Gasteiger partial charge in [0.2, 0.25) is 0 Å². The summed E-state index contributed by atoms with van der Waals surface area (Å²) >= 11 is 3.62. The molecule has 0 atom stereocenters. The quantitative estimate of drug-likeness (QED) is 0.185. The number of hydrogen-bond acceptors (Lipinski definition) is 6. The number of benzene rings is 7. The molecule has 11 rings (SSSR count). The Hall–Kier alpha value is -6.21. The van der Waals surface area contributed by atoms with Gasteiger partial charge < -0.3 is 4.42 Å². The minimum absolute atomic E-state index is 0.604. The van der Waals surface area contributed by atoms with Gasteiger partial charge in [0.1, 0.15) is 11.2 Å². The smallest absolute Gasteiger partial charge is 0.164 e. The summed E-state index contributed by atoms with van der Waals surface area (Å²) in [7, 11) is 0. The predicted molar refractivity (Wildman–Crippen MR) is 215 cm³/mol. The van der Waals surface area contributed by atoms with Crippen LogP contribution in [0, 0.1) is 0 Å². The van der Waals surface area contributed by atoms with E-state index >= 15 is 0 Å². The van der Waals surface area contributed by atoms with Crippen LogP contribution in [0.15, 0.2) is 156 Å². The Kier molecular flexibility index (Phi) is 6.26. The molecule has 0 bridgehead atoms. The van der Waals surface area contributed by atoms with Gasteiger partial charge in [0.15, 0.2) is 17.5 Å². The fourth-order valence-electron chi connectivity index (χ4n) is 7.36. The summed E-state index contributed by atoms with van der Waals surface area (Å²) in [5, 5.41) is 7.21. The van der Waals surface area contributed by atoms with Gasteiger partial charge in [-0.3, -0.25) is 0 Å². The molecule has 0 unspecified atom stereocenters. The standard InChI is InChI=1S/C45H25N3OS2/c1-2-10-26(11-3-1)43-46-44(48-45(47-43)28-21-23-31-30-12-4-6-17-37(30)51-40(31)25-28)27-20-22-29-33-15-8-16-34(42(33)49-36(29)24-27)32-14-9-19-39-41(32)35-13-5-7-18-38(35)50-39/h1-25H. The zero-order valence-electron chi connectivity index (χ0n) is 27.0. The van der Waals surface area contributed by atoms with Crippen LogP contribution in [0.25, 0.3) is 108 Å². The molecule has 238 valence electrons. The molecule has 11 aromatic rings. The summed E-state index contributed by atoms with van der Waals surface area (Å²) in [6.45, 7) is 0. The number of hydrogen-bond donors (Lipinski definition) is 0. The van der Waals surface area contributed by atoms with E-state index < -0.39 is 0 Å². The zero-order valence-corrected chi connectivity index (χ0v) is 28.6. The minimum atomic E-state index is 0.604. The number of para-hydroxylation sites is 1. The molecule has 4 aromatic heterocycles. The SMILES string of the molecule is c1ccc(-c2nc(-c3ccc4c(c3)oc3c(-c5cccc6sc7ccccc7c56)cccc34)nc(-c3ccc4c(c3)sc3ccccc34)n2)cc1. The Morgan fingerprint density at radius 1 is 0.373 bits per heavy atom. The van der Waals surface area contributed by atoms with E-state index in [0.717, 1.165) is 44.2 Å². The lowest BCUT2D eigenvalue weighted by Crippen LogP contribution is -2.00. The molecule has 0 aliphatic heterocycles. The van der Waals surface area contributed by atoms with E-state index in [0.29, 0.717) is 17.5 Å². The van der Waals surface area contributed by atoms with Gasteiger partial charge >= 0.3 is 0 Å². The maximum atomic E-state index is 6.78. The second-order valence-electron chi connectivity index (χ2n) is 12.8. The minimum Gasteiger partial charge on any atom is -0.455 e. The Morgan fingerprint density at radius 3 is 1.76 bits per heavy atom. The molecule has 0 radical (unpaired) electrons. The second-order valence-corrected chi connectivity index (χ2v) is 14.9. The van der Waals surface area contributed by atoms with Crippen molar-refractivity contribution in [2.45, 2.75) is 0 Å². The van der Waals surface area contributed by atoms with Gasteiger partial charge in [-0.05, 0) is 42.0 Å².